The van der Waals surface area contributed by atoms with Crippen LogP contribution >= 0.6 is 0 Å². The molecule has 0 fully saturated rings. The lowest BCUT2D eigenvalue weighted by molar-refractivity contribution is 0.194. The van der Waals surface area contributed by atoms with Gasteiger partial charge in [-0.1, -0.05) is 25.5 Å². The van der Waals surface area contributed by atoms with E-state index in [9.17, 15) is 4.79 Å². The Morgan fingerprint density at radius 2 is 2.44 bits per heavy atom. The highest BCUT2D eigenvalue weighted by Gasteiger charge is 2.23. The van der Waals surface area contributed by atoms with Crippen molar-refractivity contribution in [1.82, 2.24) is 25.0 Å². The molecule has 6 heteroatoms. The monoisotopic (exact) mass is 249 g/mol. The van der Waals surface area contributed by atoms with Gasteiger partial charge in [-0.25, -0.2) is 9.78 Å². The first-order chi connectivity index (χ1) is 8.81. The second-order valence-electron chi connectivity index (χ2n) is 4.33. The Bertz CT molecular complexity index is 401. The van der Waals surface area contributed by atoms with E-state index >= 15 is 0 Å². The summed E-state index contributed by atoms with van der Waals surface area (Å²) < 4.78 is 1.70. The number of nitrogens with zero attached hydrogens (tertiary/aromatic N) is 4. The molecule has 1 aliphatic heterocycles. The number of hydrogen-bond acceptors (Lipinski definition) is 3. The van der Waals surface area contributed by atoms with Crippen molar-refractivity contribution in [3.05, 3.63) is 24.8 Å². The summed E-state index contributed by atoms with van der Waals surface area (Å²) in [5, 5.41) is 6.89. The van der Waals surface area contributed by atoms with Gasteiger partial charge in [0.2, 0.25) is 0 Å². The first kappa shape index (κ1) is 12.6. The first-order valence-electron chi connectivity index (χ1n) is 6.35. The highest BCUT2D eigenvalue weighted by atomic mass is 16.2. The predicted molar refractivity (Wildman–Crippen MR) is 68.0 cm³/mol. The summed E-state index contributed by atoms with van der Waals surface area (Å²) in [4.78, 5) is 17.7. The van der Waals surface area contributed by atoms with Crippen LogP contribution in [0.1, 0.15) is 19.8 Å². The van der Waals surface area contributed by atoms with E-state index < -0.39 is 0 Å². The topological polar surface area (TPSA) is 63.1 Å². The number of nitrogens with one attached hydrogen (secondary N) is 1. The lowest BCUT2D eigenvalue weighted by Gasteiger charge is -2.24. The molecule has 1 aliphatic rings. The van der Waals surface area contributed by atoms with Crippen molar-refractivity contribution in [2.45, 2.75) is 32.4 Å². The predicted octanol–water partition coefficient (Wildman–Crippen LogP) is 1.03. The molecule has 2 heterocycles. The van der Waals surface area contributed by atoms with Crippen molar-refractivity contribution >= 4 is 6.03 Å². The van der Waals surface area contributed by atoms with E-state index in [1.807, 2.05) is 4.90 Å². The Labute approximate surface area is 107 Å². The van der Waals surface area contributed by atoms with Crippen LogP contribution in [-0.4, -0.2) is 44.8 Å². The third kappa shape index (κ3) is 3.09. The van der Waals surface area contributed by atoms with Gasteiger partial charge in [-0.3, -0.25) is 4.68 Å². The van der Waals surface area contributed by atoms with Crippen LogP contribution in [0.3, 0.4) is 0 Å². The second kappa shape index (κ2) is 6.18. The molecule has 1 aromatic rings. The van der Waals surface area contributed by atoms with Crippen LogP contribution in [0, 0.1) is 0 Å². The molecule has 2 rings (SSSR count). The van der Waals surface area contributed by atoms with E-state index in [1.54, 1.807) is 11.0 Å². The van der Waals surface area contributed by atoms with Crippen molar-refractivity contribution in [2.24, 2.45) is 0 Å². The second-order valence-corrected chi connectivity index (χ2v) is 4.33. The summed E-state index contributed by atoms with van der Waals surface area (Å²) in [5.74, 6) is 0. The number of amides is 2. The Morgan fingerprint density at radius 1 is 1.56 bits per heavy atom. The molecule has 1 aromatic heterocycles. The third-order valence-electron chi connectivity index (χ3n) is 2.99. The summed E-state index contributed by atoms with van der Waals surface area (Å²) in [6.45, 7) is 4.05. The molecule has 0 aromatic carbocycles. The third-order valence-corrected chi connectivity index (χ3v) is 2.99. The lowest BCUT2D eigenvalue weighted by atomic mass is 10.2. The van der Waals surface area contributed by atoms with E-state index in [0.717, 1.165) is 12.8 Å². The average molecular weight is 249 g/mol. The zero-order valence-corrected chi connectivity index (χ0v) is 10.6. The maximum Gasteiger partial charge on any atom is 0.318 e. The molecule has 0 bridgehead atoms. The van der Waals surface area contributed by atoms with E-state index in [2.05, 4.69) is 34.5 Å². The highest BCUT2D eigenvalue weighted by Crippen LogP contribution is 2.14. The van der Waals surface area contributed by atoms with Crippen LogP contribution in [0.25, 0.3) is 0 Å². The van der Waals surface area contributed by atoms with Gasteiger partial charge >= 0.3 is 6.03 Å². The number of hydrogen-bond donors (Lipinski definition) is 1. The summed E-state index contributed by atoms with van der Waals surface area (Å²) >= 11 is 0. The van der Waals surface area contributed by atoms with Gasteiger partial charge in [-0.05, 0) is 6.42 Å². The van der Waals surface area contributed by atoms with Crippen LogP contribution < -0.4 is 5.32 Å². The van der Waals surface area contributed by atoms with Crippen LogP contribution in [0.4, 0.5) is 4.79 Å². The number of rotatable bonds is 5. The molecule has 0 radical (unpaired) electrons. The van der Waals surface area contributed by atoms with Gasteiger partial charge in [-0.2, -0.15) is 5.10 Å². The maximum atomic E-state index is 12.0. The van der Waals surface area contributed by atoms with E-state index in [1.165, 1.54) is 6.33 Å². The van der Waals surface area contributed by atoms with Gasteiger partial charge in [0.25, 0.3) is 0 Å². The maximum absolute atomic E-state index is 12.0. The van der Waals surface area contributed by atoms with Gasteiger partial charge in [0, 0.05) is 13.1 Å². The Morgan fingerprint density at radius 3 is 3.17 bits per heavy atom. The zero-order chi connectivity index (χ0) is 12.8. The van der Waals surface area contributed by atoms with Crippen LogP contribution in [0.5, 0.6) is 0 Å². The Balaban J connectivity index is 1.74. The quantitative estimate of drug-likeness (QED) is 0.793. The molecule has 18 heavy (non-hydrogen) atoms. The molecule has 0 saturated heterocycles. The van der Waals surface area contributed by atoms with Crippen molar-refractivity contribution in [3.63, 3.8) is 0 Å². The molecule has 2 amide bonds. The van der Waals surface area contributed by atoms with Gasteiger partial charge < -0.3 is 10.2 Å². The van der Waals surface area contributed by atoms with E-state index in [4.69, 9.17) is 0 Å². The Kier molecular flexibility index (Phi) is 4.33. The minimum atomic E-state index is -0.00133. The van der Waals surface area contributed by atoms with Crippen molar-refractivity contribution in [1.29, 1.82) is 0 Å². The molecule has 0 saturated carbocycles. The smallest absolute Gasteiger partial charge is 0.318 e. The molecule has 98 valence electrons. The fourth-order valence-electron chi connectivity index (χ4n) is 2.08. The van der Waals surface area contributed by atoms with Gasteiger partial charge in [0.1, 0.15) is 12.7 Å². The number of aromatic nitrogens is 3. The highest BCUT2D eigenvalue weighted by molar-refractivity contribution is 5.75. The summed E-state index contributed by atoms with van der Waals surface area (Å²) in [6.07, 6.45) is 9.40. The largest absolute Gasteiger partial charge is 0.336 e. The summed E-state index contributed by atoms with van der Waals surface area (Å²) in [7, 11) is 0. The summed E-state index contributed by atoms with van der Waals surface area (Å²) in [6, 6.07) is 0.250. The summed E-state index contributed by atoms with van der Waals surface area (Å²) in [5.41, 5.74) is 0. The molecular weight excluding hydrogens is 230 g/mol. The molecule has 0 spiro atoms. The van der Waals surface area contributed by atoms with Crippen LogP contribution in [-0.2, 0) is 6.54 Å². The Hall–Kier alpha value is -1.85. The number of carbonyl (C=O) groups is 1. The minimum absolute atomic E-state index is 0.00133. The van der Waals surface area contributed by atoms with E-state index in [0.29, 0.717) is 19.6 Å². The van der Waals surface area contributed by atoms with Crippen molar-refractivity contribution in [2.75, 3.05) is 13.1 Å². The molecule has 6 nitrogen and oxygen atoms in total. The molecule has 1 atom stereocenters. The molecule has 1 N–H and O–H groups in total. The molecule has 0 aliphatic carbocycles. The van der Waals surface area contributed by atoms with Gasteiger partial charge in [0.05, 0.1) is 12.6 Å². The minimum Gasteiger partial charge on any atom is -0.336 e. The average Bonchev–Trinajstić information content (AvgIpc) is 3.00. The number of carbonyl (C=O) groups excluding carboxylic acids is 1. The van der Waals surface area contributed by atoms with Crippen molar-refractivity contribution < 1.29 is 4.79 Å². The zero-order valence-electron chi connectivity index (χ0n) is 10.6. The lowest BCUT2D eigenvalue weighted by Crippen LogP contribution is -2.44. The van der Waals surface area contributed by atoms with Crippen LogP contribution in [0.15, 0.2) is 24.8 Å². The molecule has 1 unspecified atom stereocenters. The van der Waals surface area contributed by atoms with E-state index in [-0.39, 0.29) is 12.1 Å². The molecular formula is C12H19N5O. The standard InChI is InChI=1S/C12H19N5O/c1-2-4-11-5-3-7-17(11)12(18)14-6-8-16-10-13-9-15-16/h3,5,9-11H,2,4,6-8H2,1H3,(H,14,18). The van der Waals surface area contributed by atoms with Crippen molar-refractivity contribution in [3.8, 4) is 0 Å². The SMILES string of the molecule is CCCC1C=CCN1C(=O)NCCn1cncn1. The first-order valence-corrected chi connectivity index (χ1v) is 6.35. The van der Waals surface area contributed by atoms with Gasteiger partial charge in [0.15, 0.2) is 0 Å². The fourth-order valence-corrected chi connectivity index (χ4v) is 2.08. The van der Waals surface area contributed by atoms with Gasteiger partial charge in [-0.15, -0.1) is 0 Å². The number of urea groups is 1. The fraction of sp³-hybridized carbons (Fsp3) is 0.583. The normalized spacial score (nSPS) is 18.3. The van der Waals surface area contributed by atoms with Crippen LogP contribution in [0.2, 0.25) is 0 Å².